The Labute approximate surface area is 205 Å². The van der Waals surface area contributed by atoms with Crippen LogP contribution in [0.2, 0.25) is 0 Å². The number of hydrogen-bond donors (Lipinski definition) is 2. The summed E-state index contributed by atoms with van der Waals surface area (Å²) < 4.78 is 11.7. The van der Waals surface area contributed by atoms with Crippen molar-refractivity contribution in [1.29, 1.82) is 0 Å². The molecule has 2 N–H and O–H groups in total. The van der Waals surface area contributed by atoms with E-state index < -0.39 is 5.60 Å². The molecule has 3 aromatic rings. The smallest absolute Gasteiger partial charge is 0.159 e. The fourth-order valence-electron chi connectivity index (χ4n) is 3.58. The van der Waals surface area contributed by atoms with E-state index in [1.54, 1.807) is 17.5 Å². The molecule has 0 spiro atoms. The van der Waals surface area contributed by atoms with E-state index in [0.29, 0.717) is 5.69 Å². The van der Waals surface area contributed by atoms with Crippen LogP contribution in [0.4, 0.5) is 5.69 Å². The third-order valence-corrected chi connectivity index (χ3v) is 6.96. The van der Waals surface area contributed by atoms with Gasteiger partial charge in [-0.25, -0.2) is 4.98 Å². The molecule has 0 amide bonds. The number of nitrogens with two attached hydrogens (primary N) is 1. The average molecular weight is 480 g/mol. The van der Waals surface area contributed by atoms with Gasteiger partial charge in [-0.15, -0.1) is 24.0 Å². The zero-order chi connectivity index (χ0) is 23.4. The Morgan fingerprint density at radius 2 is 2.09 bits per heavy atom. The van der Waals surface area contributed by atoms with Gasteiger partial charge < -0.3 is 15.2 Å². The largest absolute Gasteiger partial charge is 0.398 e. The van der Waals surface area contributed by atoms with Crippen LogP contribution in [-0.4, -0.2) is 28.5 Å². The van der Waals surface area contributed by atoms with Crippen LogP contribution >= 0.6 is 24.0 Å². The number of ether oxygens (including phenoxy) is 2. The van der Waals surface area contributed by atoms with E-state index in [1.807, 2.05) is 49.6 Å². The van der Waals surface area contributed by atoms with Crippen molar-refractivity contribution < 1.29 is 9.47 Å². The standard InChI is InChI=1S/C26H29N3O2S2/c1-17(19-8-9-20(27)23(32)14-19)25-29-22(16-33-25)21-10-7-18(15-28-21)11-12-26(2,3)31-24-6-4-5-13-30-24/h7-10,14-17,24,32H,4-6,13,27H2,1-3H3. The van der Waals surface area contributed by atoms with Crippen LogP contribution in [0.25, 0.3) is 11.4 Å². The number of pyridine rings is 1. The predicted octanol–water partition coefficient (Wildman–Crippen LogP) is 5.90. The van der Waals surface area contributed by atoms with E-state index in [9.17, 15) is 0 Å². The van der Waals surface area contributed by atoms with Gasteiger partial charge in [0.1, 0.15) is 10.6 Å². The number of thiol groups is 1. The maximum atomic E-state index is 6.03. The number of thiazole rings is 1. The first-order valence-electron chi connectivity index (χ1n) is 11.1. The van der Waals surface area contributed by atoms with Gasteiger partial charge in [0.05, 0.1) is 11.4 Å². The minimum Gasteiger partial charge on any atom is -0.398 e. The molecule has 33 heavy (non-hydrogen) atoms. The summed E-state index contributed by atoms with van der Waals surface area (Å²) in [4.78, 5) is 10.2. The number of anilines is 1. The van der Waals surface area contributed by atoms with E-state index in [1.165, 1.54) is 0 Å². The second kappa shape index (κ2) is 10.3. The second-order valence-electron chi connectivity index (χ2n) is 8.72. The fourth-order valence-corrected chi connectivity index (χ4v) is 4.70. The summed E-state index contributed by atoms with van der Waals surface area (Å²) in [6.45, 7) is 6.83. The lowest BCUT2D eigenvalue weighted by Gasteiger charge is -2.29. The zero-order valence-electron chi connectivity index (χ0n) is 19.2. The summed E-state index contributed by atoms with van der Waals surface area (Å²) in [5, 5.41) is 3.07. The van der Waals surface area contributed by atoms with Gasteiger partial charge in [-0.05, 0) is 62.9 Å². The highest BCUT2D eigenvalue weighted by Gasteiger charge is 2.24. The highest BCUT2D eigenvalue weighted by atomic mass is 32.1. The van der Waals surface area contributed by atoms with Crippen molar-refractivity contribution in [2.45, 2.75) is 62.7 Å². The molecule has 1 aromatic carbocycles. The lowest BCUT2D eigenvalue weighted by Crippen LogP contribution is -2.33. The van der Waals surface area contributed by atoms with Gasteiger partial charge in [-0.1, -0.05) is 24.8 Å². The molecule has 0 saturated carbocycles. The fraction of sp³-hybridized carbons (Fsp3) is 0.385. The number of nitrogen functional groups attached to an aromatic ring is 1. The molecule has 0 aliphatic carbocycles. The molecule has 0 radical (unpaired) electrons. The van der Waals surface area contributed by atoms with E-state index in [-0.39, 0.29) is 12.2 Å². The first-order chi connectivity index (χ1) is 15.8. The molecule has 7 heteroatoms. The van der Waals surface area contributed by atoms with Crippen molar-refractivity contribution >= 4 is 29.7 Å². The molecule has 5 nitrogen and oxygen atoms in total. The van der Waals surface area contributed by atoms with Crippen LogP contribution in [0.1, 0.15) is 62.1 Å². The lowest BCUT2D eigenvalue weighted by molar-refractivity contribution is -0.199. The van der Waals surface area contributed by atoms with Crippen molar-refractivity contribution in [2.75, 3.05) is 12.3 Å². The molecule has 2 atom stereocenters. The van der Waals surface area contributed by atoms with Gasteiger partial charge in [0, 0.05) is 40.2 Å². The Balaban J connectivity index is 1.43. The summed E-state index contributed by atoms with van der Waals surface area (Å²) in [6.07, 6.45) is 4.76. The highest BCUT2D eigenvalue weighted by Crippen LogP contribution is 2.32. The van der Waals surface area contributed by atoms with E-state index in [0.717, 1.165) is 58.3 Å². The summed E-state index contributed by atoms with van der Waals surface area (Å²) in [5.74, 6) is 6.54. The Bertz CT molecular complexity index is 1160. The third-order valence-electron chi connectivity index (χ3n) is 5.54. The normalized spacial score (nSPS) is 17.3. The first-order valence-corrected chi connectivity index (χ1v) is 12.5. The quantitative estimate of drug-likeness (QED) is 0.271. The predicted molar refractivity (Wildman–Crippen MR) is 137 cm³/mol. The van der Waals surface area contributed by atoms with Gasteiger partial charge in [0.25, 0.3) is 0 Å². The van der Waals surface area contributed by atoms with Crippen molar-refractivity contribution in [3.05, 3.63) is 58.0 Å². The number of nitrogens with zero attached hydrogens (tertiary/aromatic N) is 2. The van der Waals surface area contributed by atoms with Crippen molar-refractivity contribution in [3.63, 3.8) is 0 Å². The van der Waals surface area contributed by atoms with Gasteiger partial charge in [-0.3, -0.25) is 4.98 Å². The Morgan fingerprint density at radius 1 is 1.24 bits per heavy atom. The Hall–Kier alpha value is -2.37. The summed E-state index contributed by atoms with van der Waals surface area (Å²) in [7, 11) is 0. The van der Waals surface area contributed by atoms with Crippen LogP contribution in [0.3, 0.4) is 0 Å². The van der Waals surface area contributed by atoms with Crippen LogP contribution in [0.5, 0.6) is 0 Å². The molecule has 1 saturated heterocycles. The highest BCUT2D eigenvalue weighted by molar-refractivity contribution is 7.80. The zero-order valence-corrected chi connectivity index (χ0v) is 20.9. The van der Waals surface area contributed by atoms with Gasteiger partial charge in [-0.2, -0.15) is 0 Å². The Kier molecular flexibility index (Phi) is 7.40. The Morgan fingerprint density at radius 3 is 2.79 bits per heavy atom. The SMILES string of the molecule is CC(c1ccc(N)c(S)c1)c1nc(-c2ccc(C#CC(C)(C)OC3CCCCO3)cn2)cs1. The molecule has 1 aliphatic rings. The molecular weight excluding hydrogens is 450 g/mol. The molecule has 3 heterocycles. The third kappa shape index (κ3) is 6.15. The summed E-state index contributed by atoms with van der Waals surface area (Å²) in [5.41, 5.74) is 9.64. The van der Waals surface area contributed by atoms with Crippen molar-refractivity contribution in [1.82, 2.24) is 9.97 Å². The maximum absolute atomic E-state index is 6.03. The number of benzene rings is 1. The molecule has 1 aliphatic heterocycles. The molecule has 4 rings (SSSR count). The maximum Gasteiger partial charge on any atom is 0.159 e. The summed E-state index contributed by atoms with van der Waals surface area (Å²) in [6, 6.07) is 9.84. The first kappa shape index (κ1) is 23.8. The molecule has 0 bridgehead atoms. The number of aromatic nitrogens is 2. The van der Waals surface area contributed by atoms with E-state index >= 15 is 0 Å². The molecule has 172 valence electrons. The average Bonchev–Trinajstić information content (AvgIpc) is 3.30. The van der Waals surface area contributed by atoms with Gasteiger partial charge >= 0.3 is 0 Å². The molecule has 2 unspecified atom stereocenters. The van der Waals surface area contributed by atoms with Crippen LogP contribution in [0.15, 0.2) is 46.8 Å². The van der Waals surface area contributed by atoms with Crippen LogP contribution < -0.4 is 5.73 Å². The molecular formula is C26H29N3O2S2. The minimum absolute atomic E-state index is 0.149. The second-order valence-corrected chi connectivity index (χ2v) is 10.1. The minimum atomic E-state index is -0.588. The van der Waals surface area contributed by atoms with Crippen LogP contribution in [-0.2, 0) is 9.47 Å². The van der Waals surface area contributed by atoms with Crippen LogP contribution in [0, 0.1) is 11.8 Å². The van der Waals surface area contributed by atoms with E-state index in [2.05, 4.69) is 36.4 Å². The number of rotatable bonds is 5. The topological polar surface area (TPSA) is 70.3 Å². The monoisotopic (exact) mass is 479 g/mol. The van der Waals surface area contributed by atoms with Crippen molar-refractivity contribution in [3.8, 4) is 23.2 Å². The lowest BCUT2D eigenvalue weighted by atomic mass is 10.0. The molecule has 1 fully saturated rings. The summed E-state index contributed by atoms with van der Waals surface area (Å²) >= 11 is 6.07. The number of hydrogen-bond acceptors (Lipinski definition) is 7. The van der Waals surface area contributed by atoms with Crippen molar-refractivity contribution in [2.24, 2.45) is 0 Å². The van der Waals surface area contributed by atoms with Gasteiger partial charge in [0.15, 0.2) is 6.29 Å². The van der Waals surface area contributed by atoms with Gasteiger partial charge in [0.2, 0.25) is 0 Å². The molecule has 2 aromatic heterocycles. The van der Waals surface area contributed by atoms with E-state index in [4.69, 9.17) is 20.2 Å².